The predicted molar refractivity (Wildman–Crippen MR) is 72.9 cm³/mol. The van der Waals surface area contributed by atoms with E-state index in [-0.39, 0.29) is 12.2 Å². The minimum atomic E-state index is -4.45. The van der Waals surface area contributed by atoms with E-state index in [1.807, 2.05) is 0 Å². The summed E-state index contributed by atoms with van der Waals surface area (Å²) in [6.07, 6.45) is -4.45. The maximum Gasteiger partial charge on any atom is 0.418 e. The monoisotopic (exact) mass is 347 g/mol. The molecule has 0 heterocycles. The van der Waals surface area contributed by atoms with Crippen LogP contribution in [0.2, 0.25) is 0 Å². The molecule has 1 nitrogen and oxygen atoms in total. The summed E-state index contributed by atoms with van der Waals surface area (Å²) in [7, 11) is 0. The second kappa shape index (κ2) is 5.83. The van der Waals surface area contributed by atoms with Gasteiger partial charge in [-0.3, -0.25) is 0 Å². The van der Waals surface area contributed by atoms with E-state index in [0.717, 1.165) is 6.07 Å². The fourth-order valence-corrected chi connectivity index (χ4v) is 2.11. The Kier molecular flexibility index (Phi) is 4.32. The highest BCUT2D eigenvalue weighted by molar-refractivity contribution is 9.10. The maximum absolute atomic E-state index is 13.0. The summed E-state index contributed by atoms with van der Waals surface area (Å²) in [5.74, 6) is -0.420. The molecule has 1 N–H and O–H groups in total. The van der Waals surface area contributed by atoms with Crippen LogP contribution >= 0.6 is 15.9 Å². The zero-order valence-electron chi connectivity index (χ0n) is 10.1. The molecule has 0 saturated carbocycles. The van der Waals surface area contributed by atoms with Crippen molar-refractivity contribution in [1.82, 2.24) is 0 Å². The average Bonchev–Trinajstić information content (AvgIpc) is 2.36. The molecular formula is C14H10BrF4N. The van der Waals surface area contributed by atoms with Gasteiger partial charge in [0.1, 0.15) is 5.82 Å². The van der Waals surface area contributed by atoms with Crippen molar-refractivity contribution >= 4 is 21.6 Å². The van der Waals surface area contributed by atoms with Crippen molar-refractivity contribution in [3.8, 4) is 0 Å². The fourth-order valence-electron chi connectivity index (χ4n) is 1.75. The number of hydrogen-bond donors (Lipinski definition) is 1. The Balaban J connectivity index is 2.21. The van der Waals surface area contributed by atoms with E-state index in [9.17, 15) is 17.6 Å². The number of alkyl halides is 3. The highest BCUT2D eigenvalue weighted by atomic mass is 79.9. The standard InChI is InChI=1S/C14H10BrF4N/c15-10-4-5-13(12(7-10)14(17,18)19)20-8-9-2-1-3-11(16)6-9/h1-7,20H,8H2. The van der Waals surface area contributed by atoms with E-state index in [0.29, 0.717) is 10.0 Å². The van der Waals surface area contributed by atoms with Crippen LogP contribution in [-0.4, -0.2) is 0 Å². The fraction of sp³-hybridized carbons (Fsp3) is 0.143. The summed E-state index contributed by atoms with van der Waals surface area (Å²) in [5, 5.41) is 2.68. The maximum atomic E-state index is 13.0. The predicted octanol–water partition coefficient (Wildman–Crippen LogP) is 5.22. The molecule has 0 spiro atoms. The highest BCUT2D eigenvalue weighted by Gasteiger charge is 2.33. The molecule has 0 aliphatic carbocycles. The molecule has 0 aliphatic heterocycles. The van der Waals surface area contributed by atoms with Crippen LogP contribution in [-0.2, 0) is 12.7 Å². The summed E-state index contributed by atoms with van der Waals surface area (Å²) < 4.78 is 52.0. The number of nitrogens with one attached hydrogen (secondary N) is 1. The molecule has 0 amide bonds. The highest BCUT2D eigenvalue weighted by Crippen LogP contribution is 2.36. The van der Waals surface area contributed by atoms with Gasteiger partial charge in [0.25, 0.3) is 0 Å². The minimum absolute atomic E-state index is 0.0371. The molecule has 0 fully saturated rings. The van der Waals surface area contributed by atoms with Gasteiger partial charge in [0.2, 0.25) is 0 Å². The number of rotatable bonds is 3. The third-order valence-electron chi connectivity index (χ3n) is 2.66. The van der Waals surface area contributed by atoms with Crippen LogP contribution in [0.4, 0.5) is 23.2 Å². The first kappa shape index (κ1) is 14.8. The smallest absolute Gasteiger partial charge is 0.380 e. The van der Waals surface area contributed by atoms with E-state index in [1.165, 1.54) is 30.3 Å². The van der Waals surface area contributed by atoms with Crippen LogP contribution in [0, 0.1) is 5.82 Å². The Labute approximate surface area is 121 Å². The molecule has 20 heavy (non-hydrogen) atoms. The second-order valence-corrected chi connectivity index (χ2v) is 5.09. The molecule has 0 atom stereocenters. The van der Waals surface area contributed by atoms with E-state index in [1.54, 1.807) is 6.07 Å². The van der Waals surface area contributed by atoms with Gasteiger partial charge in [0, 0.05) is 16.7 Å². The lowest BCUT2D eigenvalue weighted by Crippen LogP contribution is -2.11. The third kappa shape index (κ3) is 3.72. The first-order valence-corrected chi connectivity index (χ1v) is 6.50. The molecule has 0 saturated heterocycles. The second-order valence-electron chi connectivity index (χ2n) is 4.17. The Morgan fingerprint density at radius 1 is 1.05 bits per heavy atom. The number of hydrogen-bond acceptors (Lipinski definition) is 1. The van der Waals surface area contributed by atoms with E-state index >= 15 is 0 Å². The van der Waals surface area contributed by atoms with Crippen LogP contribution in [0.5, 0.6) is 0 Å². The lowest BCUT2D eigenvalue weighted by Gasteiger charge is -2.15. The Hall–Kier alpha value is -1.56. The minimum Gasteiger partial charge on any atom is -0.380 e. The lowest BCUT2D eigenvalue weighted by molar-refractivity contribution is -0.137. The van der Waals surface area contributed by atoms with Gasteiger partial charge >= 0.3 is 6.18 Å². The van der Waals surface area contributed by atoms with Crippen LogP contribution < -0.4 is 5.32 Å². The van der Waals surface area contributed by atoms with Gasteiger partial charge in [-0.2, -0.15) is 13.2 Å². The summed E-state index contributed by atoms with van der Waals surface area (Å²) >= 11 is 3.02. The first-order chi connectivity index (χ1) is 9.36. The summed E-state index contributed by atoms with van der Waals surface area (Å²) in [6.45, 7) is 0.114. The zero-order valence-corrected chi connectivity index (χ0v) is 11.7. The largest absolute Gasteiger partial charge is 0.418 e. The van der Waals surface area contributed by atoms with Gasteiger partial charge < -0.3 is 5.32 Å². The Bertz CT molecular complexity index is 610. The van der Waals surface area contributed by atoms with Crippen LogP contribution in [0.15, 0.2) is 46.9 Å². The van der Waals surface area contributed by atoms with Gasteiger partial charge in [0.15, 0.2) is 0 Å². The number of halogens is 5. The molecule has 0 aliphatic rings. The normalized spacial score (nSPS) is 11.4. The van der Waals surface area contributed by atoms with E-state index in [2.05, 4.69) is 21.2 Å². The quantitative estimate of drug-likeness (QED) is 0.750. The van der Waals surface area contributed by atoms with Gasteiger partial charge in [-0.1, -0.05) is 28.1 Å². The lowest BCUT2D eigenvalue weighted by atomic mass is 10.1. The van der Waals surface area contributed by atoms with Gasteiger partial charge in [-0.15, -0.1) is 0 Å². The molecular weight excluding hydrogens is 338 g/mol. The molecule has 0 aromatic heterocycles. The Morgan fingerprint density at radius 2 is 1.80 bits per heavy atom. The zero-order chi connectivity index (χ0) is 14.8. The summed E-state index contributed by atoms with van der Waals surface area (Å²) in [5.41, 5.74) is -0.228. The molecule has 0 bridgehead atoms. The first-order valence-electron chi connectivity index (χ1n) is 5.71. The van der Waals surface area contributed by atoms with Crippen molar-refractivity contribution < 1.29 is 17.6 Å². The number of anilines is 1. The summed E-state index contributed by atoms with van der Waals surface area (Å²) in [6, 6.07) is 9.58. The summed E-state index contributed by atoms with van der Waals surface area (Å²) in [4.78, 5) is 0. The van der Waals surface area contributed by atoms with Crippen LogP contribution in [0.3, 0.4) is 0 Å². The van der Waals surface area contributed by atoms with Gasteiger partial charge in [0.05, 0.1) is 5.56 Å². The van der Waals surface area contributed by atoms with Crippen molar-refractivity contribution in [2.45, 2.75) is 12.7 Å². The van der Waals surface area contributed by atoms with Crippen molar-refractivity contribution in [3.05, 3.63) is 63.9 Å². The topological polar surface area (TPSA) is 12.0 Å². The van der Waals surface area contributed by atoms with E-state index < -0.39 is 17.6 Å². The van der Waals surface area contributed by atoms with Gasteiger partial charge in [-0.25, -0.2) is 4.39 Å². The molecule has 0 radical (unpaired) electrons. The Morgan fingerprint density at radius 3 is 2.45 bits per heavy atom. The van der Waals surface area contributed by atoms with E-state index in [4.69, 9.17) is 0 Å². The molecule has 0 unspecified atom stereocenters. The molecule has 2 aromatic carbocycles. The molecule has 2 aromatic rings. The SMILES string of the molecule is Fc1cccc(CNc2ccc(Br)cc2C(F)(F)F)c1. The van der Waals surface area contributed by atoms with Crippen molar-refractivity contribution in [1.29, 1.82) is 0 Å². The molecule has 106 valence electrons. The van der Waals surface area contributed by atoms with Gasteiger partial charge in [-0.05, 0) is 35.9 Å². The molecule has 2 rings (SSSR count). The van der Waals surface area contributed by atoms with Crippen molar-refractivity contribution in [2.75, 3.05) is 5.32 Å². The van der Waals surface area contributed by atoms with Crippen LogP contribution in [0.1, 0.15) is 11.1 Å². The van der Waals surface area contributed by atoms with Crippen molar-refractivity contribution in [2.24, 2.45) is 0 Å². The number of benzene rings is 2. The average molecular weight is 348 g/mol. The van der Waals surface area contributed by atoms with Crippen LogP contribution in [0.25, 0.3) is 0 Å². The third-order valence-corrected chi connectivity index (χ3v) is 3.15. The molecule has 6 heteroatoms. The van der Waals surface area contributed by atoms with Crippen molar-refractivity contribution in [3.63, 3.8) is 0 Å².